The molecule has 0 heterocycles. The number of benzene rings is 1. The van der Waals surface area contributed by atoms with Crippen molar-refractivity contribution >= 4 is 5.97 Å². The highest BCUT2D eigenvalue weighted by molar-refractivity contribution is 5.77. The molecule has 1 aromatic rings. The van der Waals surface area contributed by atoms with E-state index in [0.29, 0.717) is 11.3 Å². The summed E-state index contributed by atoms with van der Waals surface area (Å²) >= 11 is 0. The third kappa shape index (κ3) is 1.77. The summed E-state index contributed by atoms with van der Waals surface area (Å²) in [5.41, 5.74) is 0.0284. The van der Waals surface area contributed by atoms with Gasteiger partial charge in [-0.05, 0) is 29.2 Å². The van der Waals surface area contributed by atoms with Crippen molar-refractivity contribution in [1.82, 2.24) is 0 Å². The molecule has 0 aliphatic heterocycles. The van der Waals surface area contributed by atoms with E-state index in [1.165, 1.54) is 19.2 Å². The molecule has 0 aromatic heterocycles. The second-order valence-electron chi connectivity index (χ2n) is 5.00. The molecule has 0 saturated heterocycles. The third-order valence-electron chi connectivity index (χ3n) is 3.63. The third-order valence-corrected chi connectivity index (χ3v) is 3.63. The number of halogens is 1. The zero-order valence-corrected chi connectivity index (χ0v) is 10.0. The molecule has 1 aromatic carbocycles. The van der Waals surface area contributed by atoms with E-state index in [1.807, 2.05) is 13.8 Å². The summed E-state index contributed by atoms with van der Waals surface area (Å²) in [6.07, 6.45) is 0. The fourth-order valence-electron chi connectivity index (χ4n) is 2.57. The average Bonchev–Trinajstić information content (AvgIpc) is 2.82. The van der Waals surface area contributed by atoms with Gasteiger partial charge >= 0.3 is 5.97 Å². The fraction of sp³-hybridized carbons (Fsp3) is 0.462. The molecule has 1 saturated carbocycles. The van der Waals surface area contributed by atoms with Gasteiger partial charge < -0.3 is 9.84 Å². The van der Waals surface area contributed by atoms with Crippen LogP contribution in [-0.4, -0.2) is 18.2 Å². The van der Waals surface area contributed by atoms with Crippen molar-refractivity contribution in [2.45, 2.75) is 19.8 Å². The molecular weight excluding hydrogens is 223 g/mol. The molecule has 0 amide bonds. The number of carboxylic acid groups (broad SMARTS) is 1. The summed E-state index contributed by atoms with van der Waals surface area (Å²) in [5.74, 6) is -1.50. The Labute approximate surface area is 99.2 Å². The van der Waals surface area contributed by atoms with Crippen molar-refractivity contribution in [1.29, 1.82) is 0 Å². The SMILES string of the molecule is COc1ccc(F)c([C@@H]2[C@@H](C(=O)O)C2(C)C)c1. The van der Waals surface area contributed by atoms with E-state index in [9.17, 15) is 9.18 Å². The van der Waals surface area contributed by atoms with Crippen molar-refractivity contribution in [2.75, 3.05) is 7.11 Å². The molecule has 92 valence electrons. The fourth-order valence-corrected chi connectivity index (χ4v) is 2.57. The first kappa shape index (κ1) is 11.9. The molecule has 0 spiro atoms. The Balaban J connectivity index is 2.39. The number of ether oxygens (including phenoxy) is 1. The lowest BCUT2D eigenvalue weighted by atomic mass is 10.0. The number of carboxylic acids is 1. The van der Waals surface area contributed by atoms with Gasteiger partial charge in [-0.15, -0.1) is 0 Å². The van der Waals surface area contributed by atoms with Crippen LogP contribution in [0.25, 0.3) is 0 Å². The minimum Gasteiger partial charge on any atom is -0.497 e. The lowest BCUT2D eigenvalue weighted by Gasteiger charge is -2.07. The Morgan fingerprint density at radius 2 is 2.12 bits per heavy atom. The number of hydrogen-bond acceptors (Lipinski definition) is 2. The Hall–Kier alpha value is -1.58. The molecule has 2 atom stereocenters. The molecule has 1 fully saturated rings. The van der Waals surface area contributed by atoms with Crippen LogP contribution in [0.15, 0.2) is 18.2 Å². The molecule has 2 rings (SSSR count). The lowest BCUT2D eigenvalue weighted by molar-refractivity contribution is -0.139. The molecule has 3 nitrogen and oxygen atoms in total. The van der Waals surface area contributed by atoms with Gasteiger partial charge in [0.2, 0.25) is 0 Å². The zero-order chi connectivity index (χ0) is 12.8. The molecule has 1 aliphatic carbocycles. The smallest absolute Gasteiger partial charge is 0.307 e. The number of aliphatic carboxylic acids is 1. The highest BCUT2D eigenvalue weighted by atomic mass is 19.1. The van der Waals surface area contributed by atoms with Gasteiger partial charge in [0.25, 0.3) is 0 Å². The number of carbonyl (C=O) groups is 1. The predicted molar refractivity (Wildman–Crippen MR) is 60.6 cm³/mol. The van der Waals surface area contributed by atoms with Crippen molar-refractivity contribution in [3.8, 4) is 5.75 Å². The molecule has 0 unspecified atom stereocenters. The largest absolute Gasteiger partial charge is 0.497 e. The normalized spacial score (nSPS) is 25.4. The standard InChI is InChI=1S/C13H15FO3/c1-13(2)10(11(13)12(15)16)8-6-7(17-3)4-5-9(8)14/h4-6,10-11H,1-3H3,(H,15,16)/t10-,11+/m1/s1. The second kappa shape index (κ2) is 3.72. The highest BCUT2D eigenvalue weighted by Gasteiger charge is 2.63. The van der Waals surface area contributed by atoms with Crippen LogP contribution in [0.5, 0.6) is 5.75 Å². The first-order valence-corrected chi connectivity index (χ1v) is 5.46. The zero-order valence-electron chi connectivity index (χ0n) is 10.0. The molecule has 0 radical (unpaired) electrons. The summed E-state index contributed by atoms with van der Waals surface area (Å²) in [5, 5.41) is 9.08. The van der Waals surface area contributed by atoms with E-state index in [-0.39, 0.29) is 11.7 Å². The minimum absolute atomic E-state index is 0.282. The first-order valence-electron chi connectivity index (χ1n) is 5.46. The van der Waals surface area contributed by atoms with Gasteiger partial charge in [0.1, 0.15) is 11.6 Å². The maximum atomic E-state index is 13.7. The van der Waals surface area contributed by atoms with Crippen LogP contribution < -0.4 is 4.74 Å². The van der Waals surface area contributed by atoms with Crippen molar-refractivity contribution in [3.05, 3.63) is 29.6 Å². The highest BCUT2D eigenvalue weighted by Crippen LogP contribution is 2.65. The average molecular weight is 238 g/mol. The van der Waals surface area contributed by atoms with Gasteiger partial charge in [-0.25, -0.2) is 4.39 Å². The first-order chi connectivity index (χ1) is 7.89. The van der Waals surface area contributed by atoms with E-state index >= 15 is 0 Å². The van der Waals surface area contributed by atoms with Crippen molar-refractivity contribution < 1.29 is 19.0 Å². The van der Waals surface area contributed by atoms with Crippen LogP contribution in [0.1, 0.15) is 25.3 Å². The topological polar surface area (TPSA) is 46.5 Å². The van der Waals surface area contributed by atoms with Crippen LogP contribution in [0, 0.1) is 17.2 Å². The van der Waals surface area contributed by atoms with Crippen LogP contribution in [0.4, 0.5) is 4.39 Å². The van der Waals surface area contributed by atoms with Crippen LogP contribution in [0.2, 0.25) is 0 Å². The number of rotatable bonds is 3. The maximum Gasteiger partial charge on any atom is 0.307 e. The molecular formula is C13H15FO3. The van der Waals surface area contributed by atoms with Gasteiger partial charge in [-0.2, -0.15) is 0 Å². The Morgan fingerprint density at radius 3 is 2.59 bits per heavy atom. The van der Waals surface area contributed by atoms with Gasteiger partial charge in [0.15, 0.2) is 0 Å². The van der Waals surface area contributed by atoms with Gasteiger partial charge in [-0.1, -0.05) is 13.8 Å². The summed E-state index contributed by atoms with van der Waals surface area (Å²) in [7, 11) is 1.50. The van der Waals surface area contributed by atoms with E-state index in [0.717, 1.165) is 0 Å². The summed E-state index contributed by atoms with van der Waals surface area (Å²) < 4.78 is 18.8. The van der Waals surface area contributed by atoms with Crippen LogP contribution in [0.3, 0.4) is 0 Å². The van der Waals surface area contributed by atoms with Crippen molar-refractivity contribution in [2.24, 2.45) is 11.3 Å². The number of methoxy groups -OCH3 is 1. The lowest BCUT2D eigenvalue weighted by Crippen LogP contribution is -2.03. The molecule has 1 N–H and O–H groups in total. The number of hydrogen-bond donors (Lipinski definition) is 1. The predicted octanol–water partition coefficient (Wildman–Crippen LogP) is 2.66. The Kier molecular flexibility index (Phi) is 2.60. The van der Waals surface area contributed by atoms with Crippen LogP contribution in [-0.2, 0) is 4.79 Å². The molecule has 1 aliphatic rings. The van der Waals surface area contributed by atoms with E-state index in [1.54, 1.807) is 6.07 Å². The van der Waals surface area contributed by atoms with Gasteiger partial charge in [-0.3, -0.25) is 4.79 Å². The van der Waals surface area contributed by atoms with Gasteiger partial charge in [0, 0.05) is 5.92 Å². The van der Waals surface area contributed by atoms with Crippen molar-refractivity contribution in [3.63, 3.8) is 0 Å². The quantitative estimate of drug-likeness (QED) is 0.880. The summed E-state index contributed by atoms with van der Waals surface area (Å²) in [6.45, 7) is 3.69. The monoisotopic (exact) mass is 238 g/mol. The van der Waals surface area contributed by atoms with E-state index in [2.05, 4.69) is 0 Å². The second-order valence-corrected chi connectivity index (χ2v) is 5.00. The van der Waals surface area contributed by atoms with Crippen LogP contribution >= 0.6 is 0 Å². The minimum atomic E-state index is -0.873. The summed E-state index contributed by atoms with van der Waals surface area (Å²) in [6, 6.07) is 4.44. The van der Waals surface area contributed by atoms with E-state index in [4.69, 9.17) is 9.84 Å². The maximum absolute atomic E-state index is 13.7. The Bertz CT molecular complexity index is 468. The molecule has 4 heteroatoms. The van der Waals surface area contributed by atoms with E-state index < -0.39 is 17.3 Å². The van der Waals surface area contributed by atoms with Gasteiger partial charge in [0.05, 0.1) is 13.0 Å². The molecule has 0 bridgehead atoms. The summed E-state index contributed by atoms with van der Waals surface area (Å²) in [4.78, 5) is 11.1. The Morgan fingerprint density at radius 1 is 1.47 bits per heavy atom. The molecule has 17 heavy (non-hydrogen) atoms.